The van der Waals surface area contributed by atoms with Gasteiger partial charge in [-0.2, -0.15) is 0 Å². The van der Waals surface area contributed by atoms with Crippen LogP contribution in [0.2, 0.25) is 5.02 Å². The quantitative estimate of drug-likeness (QED) is 0.878. The summed E-state index contributed by atoms with van der Waals surface area (Å²) in [6.45, 7) is 1.09. The second-order valence-corrected chi connectivity index (χ2v) is 5.94. The molecular formula is C14H14ClN3O3. The third kappa shape index (κ3) is 1.82. The number of nitrogens with zero attached hydrogens (tertiary/aromatic N) is 3. The molecule has 2 aromatic heterocycles. The summed E-state index contributed by atoms with van der Waals surface area (Å²) in [4.78, 5) is 17.6. The summed E-state index contributed by atoms with van der Waals surface area (Å²) in [6, 6.07) is 3.32. The molecule has 4 rings (SSSR count). The normalized spacial score (nSPS) is 28.2. The van der Waals surface area contributed by atoms with E-state index in [0.717, 1.165) is 17.8 Å². The number of amides is 1. The second-order valence-electron chi connectivity index (χ2n) is 5.53. The van der Waals surface area contributed by atoms with Crippen LogP contribution in [-0.2, 0) is 4.74 Å². The van der Waals surface area contributed by atoms with E-state index in [1.54, 1.807) is 12.3 Å². The summed E-state index contributed by atoms with van der Waals surface area (Å²) in [5.74, 6) is 0.974. The predicted molar refractivity (Wildman–Crippen MR) is 75.5 cm³/mol. The Labute approximate surface area is 125 Å². The van der Waals surface area contributed by atoms with Crippen molar-refractivity contribution in [1.29, 1.82) is 0 Å². The minimum Gasteiger partial charge on any atom is -0.465 e. The number of carbonyl (C=O) groups is 1. The maximum atomic E-state index is 11.7. The zero-order valence-corrected chi connectivity index (χ0v) is 11.9. The molecular weight excluding hydrogens is 294 g/mol. The first-order valence-corrected chi connectivity index (χ1v) is 7.25. The smallest absolute Gasteiger partial charge is 0.408 e. The molecule has 0 aromatic carbocycles. The van der Waals surface area contributed by atoms with Crippen LogP contribution in [0.3, 0.4) is 0 Å². The fraction of sp³-hybridized carbons (Fsp3) is 0.429. The maximum absolute atomic E-state index is 11.7. The maximum Gasteiger partial charge on any atom is 0.408 e. The molecule has 0 bridgehead atoms. The molecule has 0 aliphatic carbocycles. The monoisotopic (exact) mass is 307 g/mol. The van der Waals surface area contributed by atoms with Crippen molar-refractivity contribution in [3.63, 3.8) is 0 Å². The molecule has 0 saturated carbocycles. The van der Waals surface area contributed by atoms with E-state index in [-0.39, 0.29) is 18.0 Å². The first kappa shape index (κ1) is 12.9. The van der Waals surface area contributed by atoms with Crippen LogP contribution in [0.15, 0.2) is 24.5 Å². The third-order valence-corrected chi connectivity index (χ3v) is 4.77. The first-order valence-electron chi connectivity index (χ1n) is 6.87. The molecule has 2 aliphatic rings. The summed E-state index contributed by atoms with van der Waals surface area (Å²) in [5.41, 5.74) is 0.799. The number of pyridine rings is 1. The van der Waals surface area contributed by atoms with Gasteiger partial charge in [0.05, 0.1) is 42.0 Å². The first-order chi connectivity index (χ1) is 10.2. The summed E-state index contributed by atoms with van der Waals surface area (Å²) in [7, 11) is 0. The van der Waals surface area contributed by atoms with E-state index >= 15 is 0 Å². The molecule has 0 spiro atoms. The van der Waals surface area contributed by atoms with Crippen molar-refractivity contribution < 1.29 is 14.6 Å². The number of carboxylic acid groups (broad SMARTS) is 1. The molecule has 4 heterocycles. The van der Waals surface area contributed by atoms with Crippen LogP contribution in [0.25, 0.3) is 5.52 Å². The summed E-state index contributed by atoms with van der Waals surface area (Å²) < 4.78 is 7.29. The minimum absolute atomic E-state index is 0.0703. The lowest BCUT2D eigenvalue weighted by molar-refractivity contribution is 0.0979. The van der Waals surface area contributed by atoms with E-state index in [1.807, 2.05) is 16.7 Å². The molecule has 110 valence electrons. The van der Waals surface area contributed by atoms with Crippen molar-refractivity contribution in [3.05, 3.63) is 35.4 Å². The van der Waals surface area contributed by atoms with Gasteiger partial charge < -0.3 is 14.2 Å². The largest absolute Gasteiger partial charge is 0.465 e. The van der Waals surface area contributed by atoms with E-state index in [4.69, 9.17) is 16.3 Å². The lowest BCUT2D eigenvalue weighted by atomic mass is 10.0. The third-order valence-electron chi connectivity index (χ3n) is 4.45. The molecule has 0 radical (unpaired) electrons. The van der Waals surface area contributed by atoms with Crippen molar-refractivity contribution in [2.45, 2.75) is 18.5 Å². The van der Waals surface area contributed by atoms with Crippen LogP contribution in [0.4, 0.5) is 4.79 Å². The molecule has 7 heteroatoms. The summed E-state index contributed by atoms with van der Waals surface area (Å²) in [6.07, 6.45) is 3.38. The lowest BCUT2D eigenvalue weighted by Crippen LogP contribution is -2.39. The number of imidazole rings is 1. The van der Waals surface area contributed by atoms with Crippen LogP contribution in [0.1, 0.15) is 18.3 Å². The molecule has 3 atom stereocenters. The number of halogens is 1. The van der Waals surface area contributed by atoms with Gasteiger partial charge in [-0.15, -0.1) is 0 Å². The van der Waals surface area contributed by atoms with Crippen molar-refractivity contribution in [3.8, 4) is 0 Å². The predicted octanol–water partition coefficient (Wildman–Crippen LogP) is 2.43. The number of likely N-dealkylation sites (tertiary alicyclic amines) is 1. The van der Waals surface area contributed by atoms with E-state index in [0.29, 0.717) is 18.2 Å². The number of fused-ring (bicyclic) bond motifs is 2. The SMILES string of the molecule is O=C(O)N1C(c2ncc3c(Cl)cccn23)CC2COCC21. The van der Waals surface area contributed by atoms with E-state index in [1.165, 1.54) is 4.90 Å². The summed E-state index contributed by atoms with van der Waals surface area (Å²) in [5, 5.41) is 10.2. The average molecular weight is 308 g/mol. The molecule has 1 amide bonds. The zero-order valence-electron chi connectivity index (χ0n) is 11.1. The van der Waals surface area contributed by atoms with Gasteiger partial charge >= 0.3 is 6.09 Å². The van der Waals surface area contributed by atoms with Crippen LogP contribution in [0, 0.1) is 5.92 Å². The fourth-order valence-electron chi connectivity index (χ4n) is 3.51. The highest BCUT2D eigenvalue weighted by atomic mass is 35.5. The van der Waals surface area contributed by atoms with Gasteiger partial charge in [-0.25, -0.2) is 9.78 Å². The number of hydrogen-bond donors (Lipinski definition) is 1. The molecule has 1 N–H and O–H groups in total. The number of hydrogen-bond acceptors (Lipinski definition) is 3. The molecule has 2 aliphatic heterocycles. The lowest BCUT2D eigenvalue weighted by Gasteiger charge is -2.25. The van der Waals surface area contributed by atoms with Crippen molar-refractivity contribution in [2.75, 3.05) is 13.2 Å². The van der Waals surface area contributed by atoms with Gasteiger partial charge in [0.15, 0.2) is 0 Å². The minimum atomic E-state index is -0.920. The molecule has 2 fully saturated rings. The van der Waals surface area contributed by atoms with Crippen molar-refractivity contribution >= 4 is 23.2 Å². The molecule has 6 nitrogen and oxygen atoms in total. The van der Waals surface area contributed by atoms with Gasteiger partial charge in [0.2, 0.25) is 0 Å². The van der Waals surface area contributed by atoms with Gasteiger partial charge in [0.25, 0.3) is 0 Å². The second kappa shape index (κ2) is 4.61. The van der Waals surface area contributed by atoms with Crippen LogP contribution in [-0.4, -0.2) is 44.7 Å². The van der Waals surface area contributed by atoms with Crippen LogP contribution < -0.4 is 0 Å². The topological polar surface area (TPSA) is 67.1 Å². The van der Waals surface area contributed by atoms with Gasteiger partial charge in [-0.1, -0.05) is 11.6 Å². The van der Waals surface area contributed by atoms with Gasteiger partial charge in [-0.05, 0) is 18.6 Å². The van der Waals surface area contributed by atoms with Gasteiger partial charge in [0, 0.05) is 12.1 Å². The van der Waals surface area contributed by atoms with Crippen LogP contribution >= 0.6 is 11.6 Å². The Morgan fingerprint density at radius 1 is 1.48 bits per heavy atom. The number of rotatable bonds is 1. The Balaban J connectivity index is 1.81. The Hall–Kier alpha value is -1.79. The molecule has 2 aromatic rings. The Kier molecular flexibility index (Phi) is 2.83. The molecule has 3 unspecified atom stereocenters. The molecule has 2 saturated heterocycles. The Morgan fingerprint density at radius 2 is 2.33 bits per heavy atom. The zero-order chi connectivity index (χ0) is 14.6. The van der Waals surface area contributed by atoms with Crippen LogP contribution in [0.5, 0.6) is 0 Å². The van der Waals surface area contributed by atoms with E-state index < -0.39 is 6.09 Å². The Morgan fingerprint density at radius 3 is 3.14 bits per heavy atom. The average Bonchev–Trinajstić information content (AvgIpc) is 3.10. The fourth-order valence-corrected chi connectivity index (χ4v) is 3.72. The highest BCUT2D eigenvalue weighted by molar-refractivity contribution is 6.33. The van der Waals surface area contributed by atoms with Gasteiger partial charge in [-0.3, -0.25) is 4.90 Å². The summed E-state index contributed by atoms with van der Waals surface area (Å²) >= 11 is 6.16. The van der Waals surface area contributed by atoms with E-state index in [2.05, 4.69) is 4.98 Å². The highest BCUT2D eigenvalue weighted by Crippen LogP contribution is 2.42. The van der Waals surface area contributed by atoms with Gasteiger partial charge in [0.1, 0.15) is 5.82 Å². The van der Waals surface area contributed by atoms with E-state index in [9.17, 15) is 9.90 Å². The standard InChI is InChI=1S/C14H14ClN3O3/c15-9-2-1-3-17-11(9)5-16-13(17)10-4-8-6-21-7-12(8)18(10)14(19)20/h1-3,5,8,10,12H,4,6-7H2,(H,19,20). The number of ether oxygens (including phenoxy) is 1. The van der Waals surface area contributed by atoms with Crippen molar-refractivity contribution in [2.24, 2.45) is 5.92 Å². The Bertz CT molecular complexity index is 717. The number of aromatic nitrogens is 2. The molecule has 21 heavy (non-hydrogen) atoms. The van der Waals surface area contributed by atoms with Crippen molar-refractivity contribution in [1.82, 2.24) is 14.3 Å². The highest BCUT2D eigenvalue weighted by Gasteiger charge is 2.48.